The van der Waals surface area contributed by atoms with E-state index in [0.717, 1.165) is 0 Å². The predicted octanol–water partition coefficient (Wildman–Crippen LogP) is -2.55. The van der Waals surface area contributed by atoms with E-state index < -0.39 is 10.4 Å². The van der Waals surface area contributed by atoms with Crippen LogP contribution in [0.2, 0.25) is 0 Å². The molecule has 0 saturated carbocycles. The van der Waals surface area contributed by atoms with Gasteiger partial charge < -0.3 is 0 Å². The van der Waals surface area contributed by atoms with Crippen molar-refractivity contribution in [3.05, 3.63) is 0 Å². The molecule has 0 aromatic rings. The minimum absolute atomic E-state index is 0. The molecule has 0 rings (SSSR count). The van der Waals surface area contributed by atoms with E-state index in [2.05, 4.69) is 0 Å². The van der Waals surface area contributed by atoms with Crippen molar-refractivity contribution < 1.29 is 113 Å². The molecule has 48 valence electrons. The van der Waals surface area contributed by atoms with Gasteiger partial charge in [-0.05, 0) is 0 Å². The van der Waals surface area contributed by atoms with E-state index in [0.29, 0.717) is 0 Å². The van der Waals surface area contributed by atoms with Crippen molar-refractivity contribution in [1.82, 2.24) is 0 Å². The summed E-state index contributed by atoms with van der Waals surface area (Å²) in [6, 6.07) is 0. The maximum Gasteiger partial charge on any atom is 1.00 e. The van der Waals surface area contributed by atoms with Gasteiger partial charge in [-0.1, -0.05) is 0 Å². The van der Waals surface area contributed by atoms with Gasteiger partial charge in [0.1, 0.15) is 0 Å². The fraction of sp³-hybridized carbons (Fsp3) is 0. The van der Waals surface area contributed by atoms with Crippen molar-refractivity contribution in [1.29, 1.82) is 0 Å². The summed E-state index contributed by atoms with van der Waals surface area (Å²) < 4.78 is 0. The molecule has 0 unspecified atom stereocenters. The Hall–Kier alpha value is 5.46. The van der Waals surface area contributed by atoms with Crippen molar-refractivity contribution >= 4 is 45.9 Å². The Morgan fingerprint density at radius 1 is 0.625 bits per heavy atom. The van der Waals surface area contributed by atoms with Crippen LogP contribution in [0.4, 0.5) is 0 Å². The number of hydrogen-bond donors (Lipinski definition) is 0. The Balaban J connectivity index is -0.000000125. The molecule has 8 heteroatoms. The maximum absolute atomic E-state index is 5.03. The smallest absolute Gasteiger partial charge is 1.00 e. The van der Waals surface area contributed by atoms with Crippen LogP contribution >= 0.6 is 45.9 Å². The van der Waals surface area contributed by atoms with E-state index in [1.807, 2.05) is 0 Å². The van der Waals surface area contributed by atoms with E-state index in [-0.39, 0.29) is 103 Å². The number of halogens is 5. The first-order chi connectivity index (χ1) is 2.24. The quantitative estimate of drug-likeness (QED) is 0.356. The largest absolute Gasteiger partial charge is 1.00 e. The zero-order valence-corrected chi connectivity index (χ0v) is 16.4. The molecule has 0 N–H and O–H groups in total. The van der Waals surface area contributed by atoms with Gasteiger partial charge in [-0.3, -0.25) is 0 Å². The van der Waals surface area contributed by atoms with Crippen LogP contribution in [0.25, 0.3) is 0 Å². The summed E-state index contributed by atoms with van der Waals surface area (Å²) in [7, 11) is 21.0. The van der Waals surface area contributed by atoms with Gasteiger partial charge in [-0.15, -0.1) is 0 Å². The number of hydrogen-bond acceptors (Lipinski definition) is 0. The topological polar surface area (TPSA) is 0 Å². The Morgan fingerprint density at radius 2 is 0.625 bits per heavy atom. The Morgan fingerprint density at radius 3 is 0.625 bits per heavy atom. The minimum atomic E-state index is -4.14. The molecule has 0 fully saturated rings. The van der Waals surface area contributed by atoms with Crippen LogP contribution in [0.15, 0.2) is 0 Å². The van der Waals surface area contributed by atoms with Gasteiger partial charge in [0.2, 0.25) is 0 Å². The molecule has 0 radical (unpaired) electrons. The molecule has 0 aromatic carbocycles. The summed E-state index contributed by atoms with van der Waals surface area (Å²) in [5, 5.41) is 0. The summed E-state index contributed by atoms with van der Waals surface area (Å²) in [5.74, 6) is 0. The molecule has 0 bridgehead atoms. The SMILES string of the molecule is [Cl][Au-2]([Cl])([Cl])([Cl])[Cl].[K+].[K+]. The molecule has 0 aromatic heterocycles. The van der Waals surface area contributed by atoms with Crippen LogP contribution in [0.1, 0.15) is 0 Å². The maximum atomic E-state index is 5.03. The van der Waals surface area contributed by atoms with Crippen LogP contribution in [-0.4, -0.2) is 0 Å². The summed E-state index contributed by atoms with van der Waals surface area (Å²) in [4.78, 5) is 0. The zero-order valence-electron chi connectivity index (χ0n) is 4.19. The van der Waals surface area contributed by atoms with Crippen LogP contribution in [0.5, 0.6) is 0 Å². The molecule has 0 spiro atoms. The first kappa shape index (κ1) is 19.1. The van der Waals surface area contributed by atoms with E-state index in [9.17, 15) is 0 Å². The average Bonchev–Trinajstić information content (AvgIpc) is 0.650. The van der Waals surface area contributed by atoms with Gasteiger partial charge >= 0.3 is 159 Å². The molecule has 0 nitrogen and oxygen atoms in total. The van der Waals surface area contributed by atoms with E-state index in [4.69, 9.17) is 45.9 Å². The fourth-order valence-electron chi connectivity index (χ4n) is 0. The molecule has 0 aliphatic heterocycles. The Labute approximate surface area is 154 Å². The molecule has 8 heavy (non-hydrogen) atoms. The van der Waals surface area contributed by atoms with Gasteiger partial charge in [-0.2, -0.15) is 0 Å². The third-order valence-electron chi connectivity index (χ3n) is 0. The summed E-state index contributed by atoms with van der Waals surface area (Å²) in [6.45, 7) is 0. The first-order valence-corrected chi connectivity index (χ1v) is 14.0. The molecule has 0 atom stereocenters. The van der Waals surface area contributed by atoms with E-state index in [1.54, 1.807) is 0 Å². The molecular weight excluding hydrogens is 452 g/mol. The summed E-state index contributed by atoms with van der Waals surface area (Å²) >= 11 is 0. The third kappa shape index (κ3) is 42.0. The predicted molar refractivity (Wildman–Crippen MR) is 29.3 cm³/mol. The fourth-order valence-corrected chi connectivity index (χ4v) is 0. The van der Waals surface area contributed by atoms with Crippen molar-refractivity contribution in [2.45, 2.75) is 0 Å². The normalized spacial score (nSPS) is 14.4. The van der Waals surface area contributed by atoms with E-state index >= 15 is 0 Å². The second-order valence-corrected chi connectivity index (χ2v) is 31.7. The van der Waals surface area contributed by atoms with Crippen LogP contribution in [0, 0.1) is 0 Å². The third-order valence-corrected chi connectivity index (χ3v) is 0. The number of rotatable bonds is 0. The van der Waals surface area contributed by atoms with Crippen molar-refractivity contribution in [2.75, 3.05) is 0 Å². The van der Waals surface area contributed by atoms with Gasteiger partial charge in [-0.25, -0.2) is 0 Å². The molecule has 0 aliphatic carbocycles. The Kier molecular flexibility index (Phi) is 16.4. The summed E-state index contributed by atoms with van der Waals surface area (Å²) in [5.41, 5.74) is 0. The molecule has 0 aliphatic rings. The van der Waals surface area contributed by atoms with Gasteiger partial charge in [0.25, 0.3) is 0 Å². The summed E-state index contributed by atoms with van der Waals surface area (Å²) in [6.07, 6.45) is 0. The average molecular weight is 452 g/mol. The molecular formula is AuCl5K2. The van der Waals surface area contributed by atoms with Crippen LogP contribution in [-0.2, 0) is 10.4 Å². The van der Waals surface area contributed by atoms with Crippen LogP contribution < -0.4 is 103 Å². The monoisotopic (exact) mass is 450 g/mol. The van der Waals surface area contributed by atoms with Crippen LogP contribution in [0.3, 0.4) is 0 Å². The molecule has 0 heterocycles. The second kappa shape index (κ2) is 6.85. The first-order valence-electron chi connectivity index (χ1n) is 0.570. The van der Waals surface area contributed by atoms with Gasteiger partial charge in [0.15, 0.2) is 0 Å². The zero-order chi connectivity index (χ0) is 5.45. The minimum Gasteiger partial charge on any atom is 1.00 e. The Bertz CT molecular complexity index is 43.6. The van der Waals surface area contributed by atoms with Crippen molar-refractivity contribution in [3.63, 3.8) is 0 Å². The molecule has 0 amide bonds. The van der Waals surface area contributed by atoms with Crippen molar-refractivity contribution in [2.24, 2.45) is 0 Å². The molecule has 0 saturated heterocycles. The van der Waals surface area contributed by atoms with E-state index in [1.165, 1.54) is 0 Å². The van der Waals surface area contributed by atoms with Gasteiger partial charge in [0.05, 0.1) is 0 Å². The second-order valence-electron chi connectivity index (χ2n) is 0.431. The standard InChI is InChI=1S/Au.5ClH.2K/h;5*1H;;/q+3;;;;;;2*+1/p-5. The van der Waals surface area contributed by atoms with Gasteiger partial charge in [0, 0.05) is 0 Å². The van der Waals surface area contributed by atoms with Crippen molar-refractivity contribution in [3.8, 4) is 0 Å².